The number of aromatic nitrogens is 7. The van der Waals surface area contributed by atoms with E-state index in [-0.39, 0.29) is 36.8 Å². The third-order valence-corrected chi connectivity index (χ3v) is 8.73. The Morgan fingerprint density at radius 3 is 2.28 bits per heavy atom. The fraction of sp³-hybridized carbons (Fsp3) is 0.424. The van der Waals surface area contributed by atoms with Crippen LogP contribution in [0.4, 0.5) is 14.7 Å². The summed E-state index contributed by atoms with van der Waals surface area (Å²) in [5.41, 5.74) is 1.27. The van der Waals surface area contributed by atoms with Gasteiger partial charge in [0.05, 0.1) is 11.4 Å². The molecule has 0 unspecified atom stereocenters. The number of halogens is 2. The minimum atomic E-state index is -3.02. The van der Waals surface area contributed by atoms with Crippen LogP contribution in [-0.4, -0.2) is 71.1 Å². The molecule has 2 amide bonds. The molecule has 0 radical (unpaired) electrons. The second-order valence-corrected chi connectivity index (χ2v) is 12.6. The SMILES string of the molecule is CCNC(=O)Cn1nc(-c2cnc(NC34CC(C3)C4)nc2)cc(CC[C@H](C)NC(=O)Cn2nc(-c3ccc(OC(F)F)nc3)ccc2=O)c1=O. The highest BCUT2D eigenvalue weighted by Gasteiger charge is 2.57. The van der Waals surface area contributed by atoms with Gasteiger partial charge >= 0.3 is 6.61 Å². The van der Waals surface area contributed by atoms with E-state index in [1.807, 2.05) is 0 Å². The first-order chi connectivity index (χ1) is 24.0. The van der Waals surface area contributed by atoms with Crippen LogP contribution in [0.2, 0.25) is 0 Å². The Morgan fingerprint density at radius 1 is 0.940 bits per heavy atom. The molecule has 262 valence electrons. The van der Waals surface area contributed by atoms with Crippen molar-refractivity contribution >= 4 is 17.8 Å². The maximum atomic E-state index is 13.4. The highest BCUT2D eigenvalue weighted by molar-refractivity contribution is 5.76. The van der Waals surface area contributed by atoms with Crippen LogP contribution in [0.5, 0.6) is 5.88 Å². The van der Waals surface area contributed by atoms with E-state index < -0.39 is 29.7 Å². The number of likely N-dealkylation sites (N-methyl/N-ethyl adjacent to an activating group) is 1. The lowest BCUT2D eigenvalue weighted by Crippen LogP contribution is -2.63. The lowest BCUT2D eigenvalue weighted by Gasteiger charge is -2.61. The average molecular weight is 691 g/mol. The van der Waals surface area contributed by atoms with E-state index in [4.69, 9.17) is 0 Å². The van der Waals surface area contributed by atoms with E-state index >= 15 is 0 Å². The topological polar surface area (TPSA) is 188 Å². The van der Waals surface area contributed by atoms with Crippen molar-refractivity contribution in [3.05, 3.63) is 75.2 Å². The molecule has 4 aromatic rings. The smallest absolute Gasteiger partial charge is 0.388 e. The van der Waals surface area contributed by atoms with Crippen molar-refractivity contribution in [3.8, 4) is 28.4 Å². The number of ether oxygens (including phenoxy) is 1. The number of carbonyl (C=O) groups excluding carboxylic acids is 2. The number of pyridine rings is 1. The fourth-order valence-electron chi connectivity index (χ4n) is 6.12. The molecule has 50 heavy (non-hydrogen) atoms. The number of hydrogen-bond acceptors (Lipinski definition) is 11. The summed E-state index contributed by atoms with van der Waals surface area (Å²) in [5.74, 6) is 0.216. The van der Waals surface area contributed by atoms with E-state index in [2.05, 4.69) is 45.8 Å². The van der Waals surface area contributed by atoms with Crippen molar-refractivity contribution in [3.63, 3.8) is 0 Å². The molecule has 3 saturated carbocycles. The molecule has 3 aliphatic carbocycles. The number of nitrogens with one attached hydrogen (secondary N) is 3. The zero-order valence-electron chi connectivity index (χ0n) is 27.4. The molecule has 3 aliphatic rings. The highest BCUT2D eigenvalue weighted by Crippen LogP contribution is 2.58. The predicted molar refractivity (Wildman–Crippen MR) is 176 cm³/mol. The monoisotopic (exact) mass is 690 g/mol. The first-order valence-electron chi connectivity index (χ1n) is 16.3. The Kier molecular flexibility index (Phi) is 9.92. The highest BCUT2D eigenvalue weighted by atomic mass is 19.3. The van der Waals surface area contributed by atoms with E-state index in [1.165, 1.54) is 30.5 Å². The van der Waals surface area contributed by atoms with Gasteiger partial charge in [0, 0.05) is 65.5 Å². The summed E-state index contributed by atoms with van der Waals surface area (Å²) in [6.07, 6.45) is 8.54. The van der Waals surface area contributed by atoms with Gasteiger partial charge in [-0.3, -0.25) is 19.2 Å². The van der Waals surface area contributed by atoms with Gasteiger partial charge in [0.15, 0.2) is 0 Å². The number of rotatable bonds is 15. The van der Waals surface area contributed by atoms with E-state index in [0.717, 1.165) is 34.5 Å². The Bertz CT molecular complexity index is 1970. The van der Waals surface area contributed by atoms with Crippen molar-refractivity contribution < 1.29 is 23.1 Å². The first-order valence-corrected chi connectivity index (χ1v) is 16.3. The molecule has 0 saturated heterocycles. The Balaban J connectivity index is 1.11. The molecule has 3 N–H and O–H groups in total. The number of carbonyl (C=O) groups is 2. The molecule has 2 bridgehead atoms. The molecule has 1 atom stereocenters. The van der Waals surface area contributed by atoms with Crippen LogP contribution in [0.25, 0.3) is 22.5 Å². The second-order valence-electron chi connectivity index (χ2n) is 12.6. The summed E-state index contributed by atoms with van der Waals surface area (Å²) in [6, 6.07) is 6.60. The lowest BCUT2D eigenvalue weighted by molar-refractivity contribution is -0.123. The quantitative estimate of drug-likeness (QED) is 0.166. The fourth-order valence-corrected chi connectivity index (χ4v) is 6.12. The maximum absolute atomic E-state index is 13.4. The van der Waals surface area contributed by atoms with E-state index in [9.17, 15) is 28.0 Å². The number of nitrogens with zero attached hydrogens (tertiary/aromatic N) is 7. The zero-order valence-corrected chi connectivity index (χ0v) is 27.4. The summed E-state index contributed by atoms with van der Waals surface area (Å²) in [7, 11) is 0. The predicted octanol–water partition coefficient (Wildman–Crippen LogP) is 2.16. The van der Waals surface area contributed by atoms with Crippen molar-refractivity contribution in [1.29, 1.82) is 0 Å². The molecule has 7 rings (SSSR count). The van der Waals surface area contributed by atoms with Crippen molar-refractivity contribution in [2.75, 3.05) is 11.9 Å². The van der Waals surface area contributed by atoms with Crippen molar-refractivity contribution in [2.45, 2.75) is 77.2 Å². The van der Waals surface area contributed by atoms with Crippen LogP contribution >= 0.6 is 0 Å². The van der Waals surface area contributed by atoms with Gasteiger partial charge in [-0.05, 0) is 70.1 Å². The van der Waals surface area contributed by atoms with Crippen LogP contribution in [0.15, 0.2) is 58.5 Å². The minimum absolute atomic E-state index is 0.114. The minimum Gasteiger partial charge on any atom is -0.417 e. The largest absolute Gasteiger partial charge is 0.417 e. The van der Waals surface area contributed by atoms with Gasteiger partial charge in [0.2, 0.25) is 23.6 Å². The average Bonchev–Trinajstić information content (AvgIpc) is 3.04. The summed E-state index contributed by atoms with van der Waals surface area (Å²) >= 11 is 0. The van der Waals surface area contributed by atoms with Gasteiger partial charge in [0.25, 0.3) is 11.1 Å². The third kappa shape index (κ3) is 7.98. The molecular formula is C33H36F2N10O5. The Morgan fingerprint density at radius 2 is 1.64 bits per heavy atom. The van der Waals surface area contributed by atoms with E-state index in [0.29, 0.717) is 47.0 Å². The summed E-state index contributed by atoms with van der Waals surface area (Å²) in [5, 5.41) is 17.6. The number of amides is 2. The summed E-state index contributed by atoms with van der Waals surface area (Å²) < 4.78 is 31.2. The normalized spacial score (nSPS) is 18.1. The second kappa shape index (κ2) is 14.5. The van der Waals surface area contributed by atoms with Gasteiger partial charge in [-0.1, -0.05) is 0 Å². The number of hydrogen-bond donors (Lipinski definition) is 3. The standard InChI is InChI=1S/C33H36F2N10O5/c1-3-36-26(46)17-45-30(49)21(10-25(43-45)23-15-38-32(39-16-23)41-33-11-20(12-33)13-33)5-4-19(2)40-27(47)18-44-29(48)9-7-24(42-44)22-6-8-28(37-14-22)50-31(34)35/h6-10,14-16,19-20,31H,3-5,11-13,17-18H2,1-2H3,(H,36,46)(H,40,47)(H,38,39,41)/t19-,20?,33?/m0/s1. The third-order valence-electron chi connectivity index (χ3n) is 8.73. The summed E-state index contributed by atoms with van der Waals surface area (Å²) in [6.45, 7) is 0.269. The molecule has 0 spiro atoms. The van der Waals surface area contributed by atoms with Crippen LogP contribution in [0.1, 0.15) is 45.1 Å². The molecule has 4 aromatic heterocycles. The van der Waals surface area contributed by atoms with Crippen LogP contribution in [0, 0.1) is 5.92 Å². The van der Waals surface area contributed by atoms with Crippen molar-refractivity contribution in [2.24, 2.45) is 5.92 Å². The van der Waals surface area contributed by atoms with Gasteiger partial charge in [-0.25, -0.2) is 24.3 Å². The lowest BCUT2D eigenvalue weighted by atomic mass is 9.50. The van der Waals surface area contributed by atoms with Gasteiger partial charge in [-0.2, -0.15) is 19.0 Å². The number of aryl methyl sites for hydroxylation is 1. The maximum Gasteiger partial charge on any atom is 0.388 e. The summed E-state index contributed by atoms with van der Waals surface area (Å²) in [4.78, 5) is 63.9. The molecule has 4 heterocycles. The molecule has 17 heteroatoms. The Hall–Kier alpha value is -5.61. The first kappa shape index (κ1) is 34.3. The van der Waals surface area contributed by atoms with Gasteiger partial charge < -0.3 is 20.7 Å². The van der Waals surface area contributed by atoms with Crippen LogP contribution < -0.4 is 31.8 Å². The van der Waals surface area contributed by atoms with Gasteiger partial charge in [0.1, 0.15) is 13.1 Å². The molecule has 0 aromatic carbocycles. The van der Waals surface area contributed by atoms with Crippen molar-refractivity contribution in [1.82, 2.24) is 45.1 Å². The van der Waals surface area contributed by atoms with Gasteiger partial charge in [-0.15, -0.1) is 0 Å². The van der Waals surface area contributed by atoms with Crippen LogP contribution in [-0.2, 0) is 29.1 Å². The molecule has 0 aliphatic heterocycles. The zero-order chi connectivity index (χ0) is 35.4. The molecule has 3 fully saturated rings. The van der Waals surface area contributed by atoms with Crippen LogP contribution in [0.3, 0.4) is 0 Å². The number of anilines is 1. The number of alkyl halides is 2. The molecule has 15 nitrogen and oxygen atoms in total. The van der Waals surface area contributed by atoms with E-state index in [1.54, 1.807) is 32.3 Å². The Labute approximate surface area is 284 Å². The molecular weight excluding hydrogens is 654 g/mol.